The van der Waals surface area contributed by atoms with Crippen molar-refractivity contribution in [3.05, 3.63) is 0 Å². The molecule has 9 nitrogen and oxygen atoms in total. The van der Waals surface area contributed by atoms with Crippen LogP contribution >= 0.6 is 24.8 Å². The third kappa shape index (κ3) is 47.1. The molecule has 231 valence electrons. The summed E-state index contributed by atoms with van der Waals surface area (Å²) in [6, 6.07) is 0. The maximum absolute atomic E-state index is 10.3. The molecule has 1 radical (unpaired) electrons. The third-order valence-electron chi connectivity index (χ3n) is 5.30. The smallest absolute Gasteiger partial charge is 0.316 e. The quantitative estimate of drug-likeness (QED) is 0.0835. The van der Waals surface area contributed by atoms with Crippen LogP contribution < -0.4 is 0 Å². The van der Waals surface area contributed by atoms with Gasteiger partial charge in [0.1, 0.15) is 0 Å². The molecule has 0 fully saturated rings. The Labute approximate surface area is 239 Å². The molecule has 37 heavy (non-hydrogen) atoms. The largest absolute Gasteiger partial charge is 0.326 e. The minimum absolute atomic E-state index is 0. The second-order valence-corrected chi connectivity index (χ2v) is 11.4. The van der Waals surface area contributed by atoms with Crippen molar-refractivity contribution < 1.29 is 58.7 Å². The molecule has 6 atom stereocenters. The zero-order valence-electron chi connectivity index (χ0n) is 24.0. The van der Waals surface area contributed by atoms with E-state index in [1.165, 1.54) is 57.8 Å². The number of hydrogen-bond acceptors (Lipinski definition) is 6. The van der Waals surface area contributed by atoms with Crippen LogP contribution in [-0.2, 0) is 44.0 Å². The summed E-state index contributed by atoms with van der Waals surface area (Å²) in [6.07, 6.45) is 16.6. The molecule has 0 spiro atoms. The molecule has 0 aromatic carbocycles. The summed E-state index contributed by atoms with van der Waals surface area (Å²) in [5.74, 6) is 0. The summed E-state index contributed by atoms with van der Waals surface area (Å²) in [5, 5.41) is 0. The Morgan fingerprint density at radius 2 is 0.703 bits per heavy atom. The van der Waals surface area contributed by atoms with Crippen LogP contribution in [0.2, 0.25) is 0 Å². The maximum atomic E-state index is 10.3. The van der Waals surface area contributed by atoms with Crippen molar-refractivity contribution in [1.82, 2.24) is 0 Å². The molecule has 0 rings (SSSR count). The molecular formula is C24H57CoO9P3. The topological polar surface area (TPSA) is 140 Å². The molecule has 0 aliphatic rings. The first-order valence-electron chi connectivity index (χ1n) is 13.7. The van der Waals surface area contributed by atoms with Crippen LogP contribution in [0.1, 0.15) is 138 Å². The van der Waals surface area contributed by atoms with Gasteiger partial charge in [0.15, 0.2) is 0 Å². The summed E-state index contributed by atoms with van der Waals surface area (Å²) >= 11 is 0. The van der Waals surface area contributed by atoms with Gasteiger partial charge in [-0.05, 0) is 40.0 Å². The van der Waals surface area contributed by atoms with Gasteiger partial charge < -0.3 is 28.3 Å². The minimum atomic E-state index is -2.73. The summed E-state index contributed by atoms with van der Waals surface area (Å²) < 4.78 is 45.0. The van der Waals surface area contributed by atoms with Gasteiger partial charge in [0.2, 0.25) is 0 Å². The second kappa shape index (κ2) is 35.0. The summed E-state index contributed by atoms with van der Waals surface area (Å²) in [5.41, 5.74) is 0. The summed E-state index contributed by atoms with van der Waals surface area (Å²) in [7, 11) is -8.18. The van der Waals surface area contributed by atoms with Crippen molar-refractivity contribution >= 4 is 24.8 Å². The zero-order chi connectivity index (χ0) is 28.2. The van der Waals surface area contributed by atoms with Crippen LogP contribution in [-0.4, -0.2) is 33.0 Å². The van der Waals surface area contributed by atoms with Gasteiger partial charge >= 0.3 is 24.8 Å². The van der Waals surface area contributed by atoms with Gasteiger partial charge in [-0.1, -0.05) is 97.8 Å². The van der Waals surface area contributed by atoms with E-state index < -0.39 is 24.8 Å². The maximum Gasteiger partial charge on any atom is 0.316 e. The Bertz CT molecular complexity index is 460. The van der Waals surface area contributed by atoms with Crippen LogP contribution in [0.3, 0.4) is 0 Å². The Balaban J connectivity index is -0.000000218. The van der Waals surface area contributed by atoms with Crippen LogP contribution in [0.4, 0.5) is 0 Å². The first-order chi connectivity index (χ1) is 17.0. The van der Waals surface area contributed by atoms with Gasteiger partial charge in [-0.15, -0.1) is 0 Å². The minimum Gasteiger partial charge on any atom is -0.326 e. The van der Waals surface area contributed by atoms with Crippen LogP contribution in [0.15, 0.2) is 0 Å². The van der Waals surface area contributed by atoms with E-state index in [1.54, 1.807) is 0 Å². The van der Waals surface area contributed by atoms with E-state index in [0.29, 0.717) is 0 Å². The van der Waals surface area contributed by atoms with E-state index in [2.05, 4.69) is 20.8 Å². The zero-order valence-corrected chi connectivity index (χ0v) is 28.0. The summed E-state index contributed by atoms with van der Waals surface area (Å²) in [4.78, 5) is 25.3. The van der Waals surface area contributed by atoms with Gasteiger partial charge in [-0.25, -0.2) is 0 Å². The third-order valence-corrected chi connectivity index (χ3v) is 7.11. The molecule has 0 aliphatic heterocycles. The Morgan fingerprint density at radius 3 is 0.865 bits per heavy atom. The van der Waals surface area contributed by atoms with Gasteiger partial charge in [0, 0.05) is 16.8 Å². The van der Waals surface area contributed by atoms with Crippen molar-refractivity contribution in [2.24, 2.45) is 0 Å². The van der Waals surface area contributed by atoms with Crippen molar-refractivity contribution in [1.29, 1.82) is 0 Å². The van der Waals surface area contributed by atoms with Crippen LogP contribution in [0, 0.1) is 0 Å². The molecule has 0 aromatic rings. The molecule has 13 heteroatoms. The van der Waals surface area contributed by atoms with E-state index in [0.717, 1.165) is 38.5 Å². The van der Waals surface area contributed by atoms with Crippen molar-refractivity contribution in [3.8, 4) is 0 Å². The molecule has 0 bridgehead atoms. The fourth-order valence-electron chi connectivity index (χ4n) is 3.27. The Morgan fingerprint density at radius 1 is 0.486 bits per heavy atom. The van der Waals surface area contributed by atoms with Crippen molar-refractivity contribution in [2.75, 3.05) is 0 Å². The van der Waals surface area contributed by atoms with Crippen molar-refractivity contribution in [3.63, 3.8) is 0 Å². The molecule has 0 saturated carbocycles. The molecule has 0 aliphatic carbocycles. The molecule has 0 heterocycles. The Hall–Kier alpha value is 0.956. The monoisotopic (exact) mass is 641 g/mol. The average Bonchev–Trinajstić information content (AvgIpc) is 2.77. The molecule has 6 unspecified atom stereocenters. The summed E-state index contributed by atoms with van der Waals surface area (Å²) in [6.45, 7) is 12.0. The average molecular weight is 642 g/mol. The number of unbranched alkanes of at least 4 members (excludes halogenated alkanes) is 9. The molecule has 0 amide bonds. The van der Waals surface area contributed by atoms with E-state index in [1.807, 2.05) is 20.8 Å². The van der Waals surface area contributed by atoms with Gasteiger partial charge in [-0.2, -0.15) is 0 Å². The van der Waals surface area contributed by atoms with E-state index in [9.17, 15) is 13.7 Å². The number of rotatable bonds is 21. The first-order valence-corrected chi connectivity index (χ1v) is 17.5. The SMILES string of the molecule is CCCCCCC(C)O[PH](=O)O.CCCCCCC(C)O[PH](=O)O.CCCCCCC(C)O[PH](=O)O.[Co]. The predicted molar refractivity (Wildman–Crippen MR) is 152 cm³/mol. The molecule has 0 aromatic heterocycles. The Kier molecular flexibility index (Phi) is 42.5. The van der Waals surface area contributed by atoms with Crippen LogP contribution in [0.25, 0.3) is 0 Å². The fraction of sp³-hybridized carbons (Fsp3) is 1.00. The fourth-order valence-corrected chi connectivity index (χ4v) is 4.65. The molecule has 0 saturated heterocycles. The second-order valence-electron chi connectivity index (χ2n) is 9.13. The standard InChI is InChI=1S/3C8H19O3P.Co/c3*1-3-4-5-6-7-8(2)11-12(9)10;/h3*8,12H,3-7H2,1-2H3,(H,9,10);. The molecule has 3 N–H and O–H groups in total. The van der Waals surface area contributed by atoms with Gasteiger partial charge in [0.05, 0.1) is 18.3 Å². The van der Waals surface area contributed by atoms with E-state index in [4.69, 9.17) is 28.3 Å². The van der Waals surface area contributed by atoms with Gasteiger partial charge in [-0.3, -0.25) is 13.7 Å². The molecular weight excluding hydrogens is 584 g/mol. The first kappa shape index (κ1) is 45.0. The van der Waals surface area contributed by atoms with E-state index in [-0.39, 0.29) is 35.1 Å². The normalized spacial score (nSPS) is 15.5. The number of hydrogen-bond donors (Lipinski definition) is 3. The van der Waals surface area contributed by atoms with Crippen molar-refractivity contribution in [2.45, 2.75) is 156 Å². The predicted octanol–water partition coefficient (Wildman–Crippen LogP) is 8.23. The van der Waals surface area contributed by atoms with E-state index >= 15 is 0 Å². The van der Waals surface area contributed by atoms with Crippen LogP contribution in [0.5, 0.6) is 0 Å². The van der Waals surface area contributed by atoms with Gasteiger partial charge in [0.25, 0.3) is 0 Å².